The van der Waals surface area contributed by atoms with Gasteiger partial charge in [0.2, 0.25) is 0 Å². The lowest BCUT2D eigenvalue weighted by Crippen LogP contribution is -2.15. The summed E-state index contributed by atoms with van der Waals surface area (Å²) in [5.41, 5.74) is 5.31. The van der Waals surface area contributed by atoms with Gasteiger partial charge in [-0.05, 0) is 66.6 Å². The number of hydrogen-bond donors (Lipinski definition) is 1. The highest BCUT2D eigenvalue weighted by Gasteiger charge is 2.17. The second kappa shape index (κ2) is 7.54. The highest BCUT2D eigenvalue weighted by Crippen LogP contribution is 2.28. The van der Waals surface area contributed by atoms with E-state index in [-0.39, 0.29) is 5.41 Å². The minimum absolute atomic E-state index is 0.225. The Bertz CT molecular complexity index is 609. The van der Waals surface area contributed by atoms with Crippen molar-refractivity contribution in [2.45, 2.75) is 46.5 Å². The second-order valence-electron chi connectivity index (χ2n) is 6.91. The van der Waals surface area contributed by atoms with E-state index in [1.165, 1.54) is 16.7 Å². The molecule has 0 fully saturated rings. The Kier molecular flexibility index (Phi) is 5.70. The van der Waals surface area contributed by atoms with Gasteiger partial charge < -0.3 is 10.1 Å². The molecule has 0 aliphatic rings. The molecule has 0 unspecified atom stereocenters. The molecule has 124 valence electrons. The summed E-state index contributed by atoms with van der Waals surface area (Å²) in [6.45, 7) is 12.5. The Hall–Kier alpha value is -1.96. The summed E-state index contributed by atoms with van der Waals surface area (Å²) in [4.78, 5) is 0. The molecule has 2 aromatic rings. The lowest BCUT2D eigenvalue weighted by molar-refractivity contribution is 0.332. The topological polar surface area (TPSA) is 21.3 Å². The largest absolute Gasteiger partial charge is 0.492 e. The summed E-state index contributed by atoms with van der Waals surface area (Å²) < 4.78 is 5.83. The number of nitrogens with one attached hydrogen (secondary N) is 1. The van der Waals surface area contributed by atoms with Gasteiger partial charge in [0, 0.05) is 12.2 Å². The maximum absolute atomic E-state index is 5.83. The van der Waals surface area contributed by atoms with Crippen molar-refractivity contribution in [2.24, 2.45) is 0 Å². The molecule has 0 heterocycles. The summed E-state index contributed by atoms with van der Waals surface area (Å²) in [5.74, 6) is 0.933. The molecule has 0 aliphatic heterocycles. The minimum atomic E-state index is 0.225. The fourth-order valence-electron chi connectivity index (χ4n) is 2.65. The number of ether oxygens (including phenoxy) is 1. The predicted octanol–water partition coefficient (Wildman–Crippen LogP) is 5.48. The molecule has 0 aromatic heterocycles. The zero-order valence-electron chi connectivity index (χ0n) is 15.1. The van der Waals surface area contributed by atoms with Gasteiger partial charge in [-0.15, -0.1) is 0 Å². The molecule has 23 heavy (non-hydrogen) atoms. The zero-order chi connectivity index (χ0) is 16.9. The number of benzene rings is 2. The standard InChI is InChI=1S/C21H29NO/c1-6-21(4,5)18-7-9-20(10-8-18)23-12-11-22-19-14-16(2)13-17(3)15-19/h7-10,13-15,22H,6,11-12H2,1-5H3. The molecule has 0 amide bonds. The van der Waals surface area contributed by atoms with Crippen molar-refractivity contribution in [3.8, 4) is 5.75 Å². The van der Waals surface area contributed by atoms with Crippen molar-refractivity contribution in [3.63, 3.8) is 0 Å². The van der Waals surface area contributed by atoms with Gasteiger partial charge in [-0.3, -0.25) is 0 Å². The molecular formula is C21H29NO. The summed E-state index contributed by atoms with van der Waals surface area (Å²) in [7, 11) is 0. The summed E-state index contributed by atoms with van der Waals surface area (Å²) in [6, 6.07) is 15.0. The molecule has 0 aliphatic carbocycles. The second-order valence-corrected chi connectivity index (χ2v) is 6.91. The van der Waals surface area contributed by atoms with Gasteiger partial charge in [0.25, 0.3) is 0 Å². The van der Waals surface area contributed by atoms with Crippen LogP contribution in [0.2, 0.25) is 0 Å². The van der Waals surface area contributed by atoms with Crippen molar-refractivity contribution in [3.05, 3.63) is 59.2 Å². The fourth-order valence-corrected chi connectivity index (χ4v) is 2.65. The fraction of sp³-hybridized carbons (Fsp3) is 0.429. The van der Waals surface area contributed by atoms with E-state index in [0.717, 1.165) is 24.4 Å². The van der Waals surface area contributed by atoms with Gasteiger partial charge >= 0.3 is 0 Å². The van der Waals surface area contributed by atoms with Crippen LogP contribution >= 0.6 is 0 Å². The monoisotopic (exact) mass is 311 g/mol. The highest BCUT2D eigenvalue weighted by atomic mass is 16.5. The van der Waals surface area contributed by atoms with Gasteiger partial charge in [0.1, 0.15) is 12.4 Å². The average molecular weight is 311 g/mol. The average Bonchev–Trinajstić information content (AvgIpc) is 2.51. The number of aryl methyl sites for hydroxylation is 2. The van der Waals surface area contributed by atoms with Crippen molar-refractivity contribution in [1.29, 1.82) is 0 Å². The van der Waals surface area contributed by atoms with Crippen molar-refractivity contribution >= 4 is 5.69 Å². The van der Waals surface area contributed by atoms with Crippen LogP contribution in [-0.4, -0.2) is 13.2 Å². The van der Waals surface area contributed by atoms with E-state index in [1.54, 1.807) is 0 Å². The number of rotatable bonds is 7. The lowest BCUT2D eigenvalue weighted by Gasteiger charge is -2.23. The third-order valence-corrected chi connectivity index (χ3v) is 4.44. The van der Waals surface area contributed by atoms with Crippen molar-refractivity contribution in [2.75, 3.05) is 18.5 Å². The van der Waals surface area contributed by atoms with E-state index in [4.69, 9.17) is 4.74 Å². The van der Waals surface area contributed by atoms with Gasteiger partial charge in [-0.1, -0.05) is 39.0 Å². The van der Waals surface area contributed by atoms with Crippen LogP contribution < -0.4 is 10.1 Å². The first kappa shape index (κ1) is 17.4. The van der Waals surface area contributed by atoms with Crippen LogP contribution in [-0.2, 0) is 5.41 Å². The molecule has 2 rings (SSSR count). The SMILES string of the molecule is CCC(C)(C)c1ccc(OCCNc2cc(C)cc(C)c2)cc1. The van der Waals surface area contributed by atoms with Crippen LogP contribution in [0.15, 0.2) is 42.5 Å². The molecule has 0 radical (unpaired) electrons. The molecule has 0 spiro atoms. The molecule has 2 aromatic carbocycles. The first-order chi connectivity index (χ1) is 10.9. The normalized spacial score (nSPS) is 11.3. The Balaban J connectivity index is 1.82. The summed E-state index contributed by atoms with van der Waals surface area (Å²) >= 11 is 0. The van der Waals surface area contributed by atoms with E-state index < -0.39 is 0 Å². The van der Waals surface area contributed by atoms with Crippen LogP contribution in [0.4, 0.5) is 5.69 Å². The molecule has 0 bridgehead atoms. The lowest BCUT2D eigenvalue weighted by atomic mass is 9.82. The quantitative estimate of drug-likeness (QED) is 0.683. The molecule has 0 saturated carbocycles. The van der Waals surface area contributed by atoms with Crippen LogP contribution in [0, 0.1) is 13.8 Å². The first-order valence-electron chi connectivity index (χ1n) is 8.46. The third-order valence-electron chi connectivity index (χ3n) is 4.44. The van der Waals surface area contributed by atoms with E-state index in [1.807, 2.05) is 0 Å². The maximum Gasteiger partial charge on any atom is 0.119 e. The van der Waals surface area contributed by atoms with E-state index in [0.29, 0.717) is 6.61 Å². The molecule has 2 nitrogen and oxygen atoms in total. The van der Waals surface area contributed by atoms with Crippen LogP contribution in [0.5, 0.6) is 5.75 Å². The smallest absolute Gasteiger partial charge is 0.119 e. The molecule has 0 saturated heterocycles. The Morgan fingerprint density at radius 1 is 0.957 bits per heavy atom. The van der Waals surface area contributed by atoms with Gasteiger partial charge in [0.05, 0.1) is 0 Å². The summed E-state index contributed by atoms with van der Waals surface area (Å²) in [5, 5.41) is 3.42. The number of anilines is 1. The predicted molar refractivity (Wildman–Crippen MR) is 99.7 cm³/mol. The van der Waals surface area contributed by atoms with Crippen LogP contribution in [0.25, 0.3) is 0 Å². The maximum atomic E-state index is 5.83. The molecule has 2 heteroatoms. The molecule has 0 atom stereocenters. The molecular weight excluding hydrogens is 282 g/mol. The molecule has 1 N–H and O–H groups in total. The van der Waals surface area contributed by atoms with Crippen molar-refractivity contribution < 1.29 is 4.74 Å². The highest BCUT2D eigenvalue weighted by molar-refractivity contribution is 5.48. The van der Waals surface area contributed by atoms with E-state index >= 15 is 0 Å². The van der Waals surface area contributed by atoms with Gasteiger partial charge in [0.15, 0.2) is 0 Å². The summed E-state index contributed by atoms with van der Waals surface area (Å²) in [6.07, 6.45) is 1.13. The van der Waals surface area contributed by atoms with Crippen LogP contribution in [0.1, 0.15) is 43.9 Å². The Morgan fingerprint density at radius 3 is 2.13 bits per heavy atom. The van der Waals surface area contributed by atoms with E-state index in [9.17, 15) is 0 Å². The third kappa shape index (κ3) is 5.02. The Labute approximate surface area is 140 Å². The Morgan fingerprint density at radius 2 is 1.57 bits per heavy atom. The van der Waals surface area contributed by atoms with Crippen molar-refractivity contribution in [1.82, 2.24) is 0 Å². The number of hydrogen-bond acceptors (Lipinski definition) is 2. The van der Waals surface area contributed by atoms with Crippen LogP contribution in [0.3, 0.4) is 0 Å². The van der Waals surface area contributed by atoms with Gasteiger partial charge in [-0.2, -0.15) is 0 Å². The van der Waals surface area contributed by atoms with E-state index in [2.05, 4.69) is 82.4 Å². The van der Waals surface area contributed by atoms with Gasteiger partial charge in [-0.25, -0.2) is 0 Å². The minimum Gasteiger partial charge on any atom is -0.492 e. The zero-order valence-corrected chi connectivity index (χ0v) is 15.1. The first-order valence-corrected chi connectivity index (χ1v) is 8.46.